The average molecular weight is 376 g/mol. The van der Waals surface area contributed by atoms with Crippen molar-refractivity contribution in [3.05, 3.63) is 57.6 Å². The molecule has 2 rings (SSSR count). The molecular weight excluding hydrogens is 363 g/mol. The lowest BCUT2D eigenvalue weighted by Crippen LogP contribution is -1.99. The Kier molecular flexibility index (Phi) is 5.58. The first-order valence-corrected chi connectivity index (χ1v) is 7.81. The van der Waals surface area contributed by atoms with Crippen LogP contribution in [0.2, 0.25) is 10.0 Å². The van der Waals surface area contributed by atoms with Crippen LogP contribution in [0.1, 0.15) is 11.1 Å². The summed E-state index contributed by atoms with van der Waals surface area (Å²) in [5.74, 6) is 1.37. The quantitative estimate of drug-likeness (QED) is 0.644. The Labute approximate surface area is 136 Å². The largest absolute Gasteiger partial charge is 0.493 e. The van der Waals surface area contributed by atoms with Crippen molar-refractivity contribution < 1.29 is 9.47 Å². The molecule has 106 valence electrons. The molecule has 0 radical (unpaired) electrons. The van der Waals surface area contributed by atoms with Crippen LogP contribution in [0.25, 0.3) is 0 Å². The maximum atomic E-state index is 6.11. The van der Waals surface area contributed by atoms with Crippen molar-refractivity contribution in [3.8, 4) is 11.5 Å². The van der Waals surface area contributed by atoms with Gasteiger partial charge < -0.3 is 9.47 Å². The maximum Gasteiger partial charge on any atom is 0.161 e. The highest BCUT2D eigenvalue weighted by Gasteiger charge is 2.08. The van der Waals surface area contributed by atoms with E-state index >= 15 is 0 Å². The summed E-state index contributed by atoms with van der Waals surface area (Å²) in [4.78, 5) is 0. The van der Waals surface area contributed by atoms with Crippen molar-refractivity contribution in [3.63, 3.8) is 0 Å². The van der Waals surface area contributed by atoms with Gasteiger partial charge in [-0.3, -0.25) is 0 Å². The van der Waals surface area contributed by atoms with Gasteiger partial charge in [0.05, 0.1) is 7.11 Å². The zero-order valence-electron chi connectivity index (χ0n) is 10.8. The van der Waals surface area contributed by atoms with E-state index < -0.39 is 0 Å². The first kappa shape index (κ1) is 15.5. The molecule has 0 aliphatic rings. The Hall–Kier alpha value is -0.900. The van der Waals surface area contributed by atoms with E-state index in [2.05, 4.69) is 15.9 Å². The Balaban J connectivity index is 2.16. The lowest BCUT2D eigenvalue weighted by atomic mass is 10.2. The number of hydrogen-bond donors (Lipinski definition) is 0. The van der Waals surface area contributed by atoms with Crippen LogP contribution in [-0.4, -0.2) is 7.11 Å². The van der Waals surface area contributed by atoms with E-state index in [1.807, 2.05) is 18.2 Å². The molecule has 5 heteroatoms. The standard InChI is InChI=1S/C15H13BrCl2O2/c1-19-15-6-10(8-16)2-5-14(15)20-9-11-7-12(17)3-4-13(11)18/h2-7H,8-9H2,1H3. The SMILES string of the molecule is COc1cc(CBr)ccc1OCc1cc(Cl)ccc1Cl. The van der Waals surface area contributed by atoms with E-state index in [9.17, 15) is 0 Å². The Bertz CT molecular complexity index is 602. The summed E-state index contributed by atoms with van der Waals surface area (Å²) >= 11 is 15.5. The van der Waals surface area contributed by atoms with Crippen LogP contribution in [0, 0.1) is 0 Å². The summed E-state index contributed by atoms with van der Waals surface area (Å²) in [6.45, 7) is 0.337. The van der Waals surface area contributed by atoms with Gasteiger partial charge in [-0.05, 0) is 35.9 Å². The van der Waals surface area contributed by atoms with Crippen molar-refractivity contribution in [2.24, 2.45) is 0 Å². The van der Waals surface area contributed by atoms with Crippen molar-refractivity contribution in [2.45, 2.75) is 11.9 Å². The molecule has 2 aromatic carbocycles. The molecule has 0 aliphatic carbocycles. The fourth-order valence-corrected chi connectivity index (χ4v) is 2.44. The van der Waals surface area contributed by atoms with Crippen LogP contribution >= 0.6 is 39.1 Å². The van der Waals surface area contributed by atoms with Gasteiger partial charge in [0.2, 0.25) is 0 Å². The number of alkyl halides is 1. The van der Waals surface area contributed by atoms with Gasteiger partial charge in [-0.2, -0.15) is 0 Å². The third-order valence-electron chi connectivity index (χ3n) is 2.77. The van der Waals surface area contributed by atoms with Gasteiger partial charge in [-0.25, -0.2) is 0 Å². The molecule has 0 aliphatic heterocycles. The molecule has 0 amide bonds. The van der Waals surface area contributed by atoms with E-state index in [1.165, 1.54) is 0 Å². The van der Waals surface area contributed by atoms with Crippen LogP contribution in [0.4, 0.5) is 0 Å². The topological polar surface area (TPSA) is 18.5 Å². The van der Waals surface area contributed by atoms with E-state index in [0.29, 0.717) is 28.2 Å². The van der Waals surface area contributed by atoms with Gasteiger partial charge in [-0.15, -0.1) is 0 Å². The summed E-state index contributed by atoms with van der Waals surface area (Å²) in [6, 6.07) is 11.1. The molecule has 0 heterocycles. The van der Waals surface area contributed by atoms with Crippen LogP contribution < -0.4 is 9.47 Å². The maximum absolute atomic E-state index is 6.11. The van der Waals surface area contributed by atoms with Crippen LogP contribution in [-0.2, 0) is 11.9 Å². The highest BCUT2D eigenvalue weighted by molar-refractivity contribution is 9.08. The van der Waals surface area contributed by atoms with Crippen LogP contribution in [0.15, 0.2) is 36.4 Å². The smallest absolute Gasteiger partial charge is 0.161 e. The van der Waals surface area contributed by atoms with Gasteiger partial charge >= 0.3 is 0 Å². The van der Waals surface area contributed by atoms with Crippen molar-refractivity contribution in [1.29, 1.82) is 0 Å². The molecular formula is C15H13BrCl2O2. The highest BCUT2D eigenvalue weighted by Crippen LogP contribution is 2.30. The van der Waals surface area contributed by atoms with Gasteiger partial charge in [-0.1, -0.05) is 45.2 Å². The normalized spacial score (nSPS) is 10.4. The molecule has 0 spiro atoms. The van der Waals surface area contributed by atoms with E-state index in [0.717, 1.165) is 16.5 Å². The van der Waals surface area contributed by atoms with Gasteiger partial charge in [0.25, 0.3) is 0 Å². The molecule has 2 aromatic rings. The molecule has 2 nitrogen and oxygen atoms in total. The second-order valence-corrected chi connectivity index (χ2v) is 5.55. The monoisotopic (exact) mass is 374 g/mol. The summed E-state index contributed by atoms with van der Waals surface area (Å²) in [6.07, 6.45) is 0. The average Bonchev–Trinajstić information content (AvgIpc) is 2.48. The minimum absolute atomic E-state index is 0.337. The fraction of sp³-hybridized carbons (Fsp3) is 0.200. The van der Waals surface area contributed by atoms with Crippen molar-refractivity contribution in [1.82, 2.24) is 0 Å². The first-order valence-electron chi connectivity index (χ1n) is 5.93. The summed E-state index contributed by atoms with van der Waals surface area (Å²) in [5, 5.41) is 2.03. The van der Waals surface area contributed by atoms with Crippen LogP contribution in [0.3, 0.4) is 0 Å². The lowest BCUT2D eigenvalue weighted by molar-refractivity contribution is 0.284. The second kappa shape index (κ2) is 7.21. The predicted molar refractivity (Wildman–Crippen MR) is 86.4 cm³/mol. The molecule has 0 aromatic heterocycles. The van der Waals surface area contributed by atoms with Gasteiger partial charge in [0.15, 0.2) is 11.5 Å². The summed E-state index contributed by atoms with van der Waals surface area (Å²) in [7, 11) is 1.62. The molecule has 0 fully saturated rings. The number of rotatable bonds is 5. The third-order valence-corrected chi connectivity index (χ3v) is 4.02. The van der Waals surface area contributed by atoms with Crippen molar-refractivity contribution in [2.75, 3.05) is 7.11 Å². The molecule has 0 saturated carbocycles. The summed E-state index contributed by atoms with van der Waals surface area (Å²) in [5.41, 5.74) is 1.96. The zero-order valence-corrected chi connectivity index (χ0v) is 13.9. The minimum atomic E-state index is 0.337. The fourth-order valence-electron chi connectivity index (χ4n) is 1.72. The number of ether oxygens (including phenoxy) is 2. The van der Waals surface area contributed by atoms with Gasteiger partial charge in [0.1, 0.15) is 6.61 Å². The van der Waals surface area contributed by atoms with E-state index in [4.69, 9.17) is 32.7 Å². The molecule has 0 N–H and O–H groups in total. The number of hydrogen-bond acceptors (Lipinski definition) is 2. The zero-order chi connectivity index (χ0) is 14.5. The number of halogens is 3. The Morgan fingerprint density at radius 2 is 1.85 bits per heavy atom. The molecule has 0 unspecified atom stereocenters. The highest BCUT2D eigenvalue weighted by atomic mass is 79.9. The third kappa shape index (κ3) is 3.81. The van der Waals surface area contributed by atoms with Gasteiger partial charge in [0, 0.05) is 20.9 Å². The molecule has 0 saturated heterocycles. The molecule has 0 atom stereocenters. The predicted octanol–water partition coefficient (Wildman–Crippen LogP) is 5.48. The van der Waals surface area contributed by atoms with E-state index in [-0.39, 0.29) is 0 Å². The Morgan fingerprint density at radius 1 is 1.05 bits per heavy atom. The first-order chi connectivity index (χ1) is 9.63. The Morgan fingerprint density at radius 3 is 2.55 bits per heavy atom. The van der Waals surface area contributed by atoms with Crippen LogP contribution in [0.5, 0.6) is 11.5 Å². The number of methoxy groups -OCH3 is 1. The van der Waals surface area contributed by atoms with Crippen molar-refractivity contribution >= 4 is 39.1 Å². The summed E-state index contributed by atoms with van der Waals surface area (Å²) < 4.78 is 11.1. The minimum Gasteiger partial charge on any atom is -0.493 e. The molecule has 20 heavy (non-hydrogen) atoms. The lowest BCUT2D eigenvalue weighted by Gasteiger charge is -2.12. The molecule has 0 bridgehead atoms. The number of benzene rings is 2. The second-order valence-electron chi connectivity index (χ2n) is 4.14. The van der Waals surface area contributed by atoms with E-state index in [1.54, 1.807) is 25.3 Å².